The van der Waals surface area contributed by atoms with Crippen LogP contribution in [0.4, 0.5) is 5.69 Å². The summed E-state index contributed by atoms with van der Waals surface area (Å²) in [5, 5.41) is 5.94. The van der Waals surface area contributed by atoms with Crippen LogP contribution in [0.15, 0.2) is 53.4 Å². The molecule has 6 nitrogen and oxygen atoms in total. The Kier molecular flexibility index (Phi) is 7.21. The number of hydrogen-bond donors (Lipinski definition) is 2. The molecule has 0 spiro atoms. The number of rotatable bonds is 7. The molecule has 0 aliphatic carbocycles. The Morgan fingerprint density at radius 2 is 1.71 bits per heavy atom. The van der Waals surface area contributed by atoms with Gasteiger partial charge in [0.1, 0.15) is 6.04 Å². The molecule has 2 rings (SSSR count). The van der Waals surface area contributed by atoms with Crippen molar-refractivity contribution in [3.63, 3.8) is 0 Å². The average molecular weight is 423 g/mol. The highest BCUT2D eigenvalue weighted by Crippen LogP contribution is 2.17. The Hall–Kier alpha value is -2.38. The molecular formula is C20H23ClN2O4S. The smallest absolute Gasteiger partial charge is 0.251 e. The maximum absolute atomic E-state index is 12.7. The lowest BCUT2D eigenvalue weighted by molar-refractivity contribution is -0.118. The molecule has 2 amide bonds. The molecule has 2 aromatic carbocycles. The quantitative estimate of drug-likeness (QED) is 0.713. The van der Waals surface area contributed by atoms with Gasteiger partial charge in [0.25, 0.3) is 5.91 Å². The van der Waals surface area contributed by atoms with Gasteiger partial charge in [-0.15, -0.1) is 0 Å². The van der Waals surface area contributed by atoms with Crippen molar-refractivity contribution in [1.29, 1.82) is 0 Å². The summed E-state index contributed by atoms with van der Waals surface area (Å²) in [7, 11) is -3.39. The summed E-state index contributed by atoms with van der Waals surface area (Å²) in [4.78, 5) is 25.3. The number of nitrogens with one attached hydrogen (secondary N) is 2. The molecule has 0 aromatic heterocycles. The molecule has 0 radical (unpaired) electrons. The standard InChI is InChI=1S/C20H23ClN2O4S/c1-13(2)11-18(23-19(24)14-7-9-15(21)10-8-14)20(25)22-16-5-4-6-17(12-16)28(3,26)27/h4-10,12-13,18H,11H2,1-3H3,(H,22,25)(H,23,24)/t18-/m1/s1. The van der Waals surface area contributed by atoms with Crippen molar-refractivity contribution in [3.05, 3.63) is 59.1 Å². The second-order valence-electron chi connectivity index (χ2n) is 6.95. The maximum atomic E-state index is 12.7. The van der Waals surface area contributed by atoms with E-state index in [0.717, 1.165) is 6.26 Å². The number of benzene rings is 2. The lowest BCUT2D eigenvalue weighted by Crippen LogP contribution is -2.44. The lowest BCUT2D eigenvalue weighted by Gasteiger charge is -2.20. The molecule has 150 valence electrons. The highest BCUT2D eigenvalue weighted by atomic mass is 35.5. The van der Waals surface area contributed by atoms with Gasteiger partial charge < -0.3 is 10.6 Å². The van der Waals surface area contributed by atoms with Gasteiger partial charge in [-0.05, 0) is 54.8 Å². The summed E-state index contributed by atoms with van der Waals surface area (Å²) >= 11 is 5.84. The van der Waals surface area contributed by atoms with Crippen LogP contribution in [0.5, 0.6) is 0 Å². The fourth-order valence-corrected chi connectivity index (χ4v) is 3.37. The molecule has 0 aliphatic heterocycles. The van der Waals surface area contributed by atoms with E-state index in [1.54, 1.807) is 36.4 Å². The summed E-state index contributed by atoms with van der Waals surface area (Å²) in [5.74, 6) is -0.646. The average Bonchev–Trinajstić information content (AvgIpc) is 2.60. The number of hydrogen-bond acceptors (Lipinski definition) is 4. The summed E-state index contributed by atoms with van der Waals surface area (Å²) in [6.07, 6.45) is 1.53. The van der Waals surface area contributed by atoms with E-state index in [1.165, 1.54) is 12.1 Å². The van der Waals surface area contributed by atoms with Gasteiger partial charge in [0.15, 0.2) is 9.84 Å². The molecule has 0 heterocycles. The lowest BCUT2D eigenvalue weighted by atomic mass is 10.0. The van der Waals surface area contributed by atoms with Crippen molar-refractivity contribution < 1.29 is 18.0 Å². The predicted octanol–water partition coefficient (Wildman–Crippen LogP) is 3.53. The molecule has 0 saturated carbocycles. The first-order chi connectivity index (χ1) is 13.1. The number of carbonyl (C=O) groups is 2. The predicted molar refractivity (Wildman–Crippen MR) is 110 cm³/mol. The molecule has 28 heavy (non-hydrogen) atoms. The van der Waals surface area contributed by atoms with Crippen molar-refractivity contribution in [1.82, 2.24) is 5.32 Å². The Balaban J connectivity index is 2.17. The van der Waals surface area contributed by atoms with Crippen LogP contribution in [0.3, 0.4) is 0 Å². The Morgan fingerprint density at radius 3 is 2.29 bits per heavy atom. The van der Waals surface area contributed by atoms with Gasteiger partial charge in [-0.3, -0.25) is 9.59 Å². The fourth-order valence-electron chi connectivity index (χ4n) is 2.58. The minimum Gasteiger partial charge on any atom is -0.340 e. The molecule has 0 saturated heterocycles. The van der Waals surface area contributed by atoms with Crippen LogP contribution in [0.2, 0.25) is 5.02 Å². The van der Waals surface area contributed by atoms with Gasteiger partial charge in [-0.1, -0.05) is 31.5 Å². The third kappa shape index (κ3) is 6.35. The normalized spacial score (nSPS) is 12.5. The first-order valence-electron chi connectivity index (χ1n) is 8.73. The van der Waals surface area contributed by atoms with Crippen LogP contribution < -0.4 is 10.6 Å². The van der Waals surface area contributed by atoms with Gasteiger partial charge in [0, 0.05) is 22.5 Å². The van der Waals surface area contributed by atoms with E-state index in [9.17, 15) is 18.0 Å². The molecule has 0 bridgehead atoms. The van der Waals surface area contributed by atoms with Crippen LogP contribution in [0.25, 0.3) is 0 Å². The molecule has 0 fully saturated rings. The number of carbonyl (C=O) groups excluding carboxylic acids is 2. The minimum absolute atomic E-state index is 0.107. The van der Waals surface area contributed by atoms with E-state index in [4.69, 9.17) is 11.6 Å². The van der Waals surface area contributed by atoms with Crippen molar-refractivity contribution in [2.75, 3.05) is 11.6 Å². The second-order valence-corrected chi connectivity index (χ2v) is 9.40. The molecule has 2 N–H and O–H groups in total. The van der Waals surface area contributed by atoms with E-state index in [-0.39, 0.29) is 16.7 Å². The highest BCUT2D eigenvalue weighted by molar-refractivity contribution is 7.90. The van der Waals surface area contributed by atoms with Gasteiger partial charge in [0.05, 0.1) is 4.90 Å². The van der Waals surface area contributed by atoms with E-state index >= 15 is 0 Å². The zero-order chi connectivity index (χ0) is 20.9. The second kappa shape index (κ2) is 9.21. The van der Waals surface area contributed by atoms with Crippen LogP contribution in [0.1, 0.15) is 30.6 Å². The topological polar surface area (TPSA) is 92.3 Å². The first-order valence-corrected chi connectivity index (χ1v) is 11.0. The van der Waals surface area contributed by atoms with Crippen molar-refractivity contribution >= 4 is 38.9 Å². The van der Waals surface area contributed by atoms with Crippen molar-refractivity contribution in [2.45, 2.75) is 31.2 Å². The van der Waals surface area contributed by atoms with Gasteiger partial charge >= 0.3 is 0 Å². The van der Waals surface area contributed by atoms with E-state index in [2.05, 4.69) is 10.6 Å². The minimum atomic E-state index is -3.39. The van der Waals surface area contributed by atoms with Crippen LogP contribution in [0, 0.1) is 5.92 Å². The van der Waals surface area contributed by atoms with Crippen molar-refractivity contribution in [3.8, 4) is 0 Å². The zero-order valence-electron chi connectivity index (χ0n) is 15.9. The highest BCUT2D eigenvalue weighted by Gasteiger charge is 2.23. The number of anilines is 1. The van der Waals surface area contributed by atoms with E-state index < -0.39 is 21.8 Å². The van der Waals surface area contributed by atoms with Gasteiger partial charge in [-0.2, -0.15) is 0 Å². The SMILES string of the molecule is CC(C)C[C@@H](NC(=O)c1ccc(Cl)cc1)C(=O)Nc1cccc(S(C)(=O)=O)c1. The fraction of sp³-hybridized carbons (Fsp3) is 0.300. The van der Waals surface area contributed by atoms with Gasteiger partial charge in [0.2, 0.25) is 5.91 Å². The summed E-state index contributed by atoms with van der Waals surface area (Å²) in [5.41, 5.74) is 0.743. The third-order valence-electron chi connectivity index (χ3n) is 3.97. The molecule has 1 atom stereocenters. The maximum Gasteiger partial charge on any atom is 0.251 e. The third-order valence-corrected chi connectivity index (χ3v) is 5.33. The van der Waals surface area contributed by atoms with E-state index in [0.29, 0.717) is 22.7 Å². The molecule has 2 aromatic rings. The van der Waals surface area contributed by atoms with Crippen LogP contribution in [-0.2, 0) is 14.6 Å². The molecular weight excluding hydrogens is 400 g/mol. The van der Waals surface area contributed by atoms with Crippen LogP contribution in [-0.4, -0.2) is 32.5 Å². The molecule has 0 aliphatic rings. The first kappa shape index (κ1) is 21.9. The summed E-state index contributed by atoms with van der Waals surface area (Å²) in [6.45, 7) is 3.89. The number of sulfone groups is 1. The van der Waals surface area contributed by atoms with E-state index in [1.807, 2.05) is 13.8 Å². The Labute approximate surface area is 170 Å². The molecule has 0 unspecified atom stereocenters. The molecule has 8 heteroatoms. The van der Waals surface area contributed by atoms with Crippen LogP contribution >= 0.6 is 11.6 Å². The summed E-state index contributed by atoms with van der Waals surface area (Å²) < 4.78 is 23.4. The number of halogens is 1. The summed E-state index contributed by atoms with van der Waals surface area (Å²) in [6, 6.07) is 11.6. The monoisotopic (exact) mass is 422 g/mol. The Bertz CT molecular complexity index is 956. The van der Waals surface area contributed by atoms with Gasteiger partial charge in [-0.25, -0.2) is 8.42 Å². The Morgan fingerprint density at radius 1 is 1.07 bits per heavy atom. The zero-order valence-corrected chi connectivity index (χ0v) is 17.5. The largest absolute Gasteiger partial charge is 0.340 e. The van der Waals surface area contributed by atoms with Crippen molar-refractivity contribution in [2.24, 2.45) is 5.92 Å². The number of amides is 2.